The van der Waals surface area contributed by atoms with Gasteiger partial charge in [0, 0.05) is 25.0 Å². The van der Waals surface area contributed by atoms with Crippen LogP contribution < -0.4 is 16.6 Å². The van der Waals surface area contributed by atoms with Crippen molar-refractivity contribution in [3.63, 3.8) is 0 Å². The molecule has 0 amide bonds. The maximum Gasteiger partial charge on any atom is 0.331 e. The molecule has 4 rings (SSSR count). The van der Waals surface area contributed by atoms with Gasteiger partial charge in [0.25, 0.3) is 5.56 Å². The normalized spacial score (nSPS) is 17.8. The van der Waals surface area contributed by atoms with Gasteiger partial charge in [-0.25, -0.2) is 9.18 Å². The van der Waals surface area contributed by atoms with Crippen molar-refractivity contribution >= 4 is 22.6 Å². The van der Waals surface area contributed by atoms with E-state index in [1.165, 1.54) is 12.5 Å². The lowest BCUT2D eigenvalue weighted by molar-refractivity contribution is -0.137. The van der Waals surface area contributed by atoms with Gasteiger partial charge >= 0.3 is 11.7 Å². The Hall–Kier alpha value is -2.64. The van der Waals surface area contributed by atoms with Gasteiger partial charge in [-0.05, 0) is 50.7 Å². The van der Waals surface area contributed by atoms with Gasteiger partial charge in [-0.2, -0.15) is 0 Å². The highest BCUT2D eigenvalue weighted by atomic mass is 19.1. The zero-order valence-corrected chi connectivity index (χ0v) is 18.4. The Morgan fingerprint density at radius 3 is 2.41 bits per heavy atom. The first-order valence-electron chi connectivity index (χ1n) is 11.9. The van der Waals surface area contributed by atoms with Gasteiger partial charge in [0.15, 0.2) is 0 Å². The highest BCUT2D eigenvalue weighted by Crippen LogP contribution is 2.32. The van der Waals surface area contributed by atoms with Gasteiger partial charge in [-0.15, -0.1) is 0 Å². The molecule has 2 fully saturated rings. The lowest BCUT2D eigenvalue weighted by Gasteiger charge is -2.25. The van der Waals surface area contributed by atoms with Crippen molar-refractivity contribution in [3.05, 3.63) is 38.8 Å². The number of aliphatic carboxylic acids is 1. The number of carboxylic acids is 1. The number of anilines is 1. The quantitative estimate of drug-likeness (QED) is 0.587. The number of benzene rings is 1. The van der Waals surface area contributed by atoms with Crippen molar-refractivity contribution in [3.8, 4) is 0 Å². The largest absolute Gasteiger partial charge is 0.481 e. The average Bonchev–Trinajstić information content (AvgIpc) is 3.29. The van der Waals surface area contributed by atoms with Gasteiger partial charge in [0.2, 0.25) is 0 Å². The second-order valence-electron chi connectivity index (χ2n) is 9.23. The van der Waals surface area contributed by atoms with E-state index in [0.29, 0.717) is 24.0 Å². The summed E-state index contributed by atoms with van der Waals surface area (Å²) >= 11 is 0. The molecule has 2 N–H and O–H groups in total. The molecular weight excluding hydrogens is 413 g/mol. The molecule has 2 aromatic rings. The first-order valence-corrected chi connectivity index (χ1v) is 11.9. The predicted octanol–water partition coefficient (Wildman–Crippen LogP) is 4.42. The molecule has 2 aliphatic rings. The van der Waals surface area contributed by atoms with Crippen LogP contribution in [0.4, 0.5) is 10.1 Å². The number of rotatable bonds is 8. The third-order valence-electron chi connectivity index (χ3n) is 6.93. The molecule has 0 unspecified atom stereocenters. The van der Waals surface area contributed by atoms with E-state index in [0.717, 1.165) is 55.9 Å². The maximum atomic E-state index is 15.0. The van der Waals surface area contributed by atoms with Crippen molar-refractivity contribution in [1.82, 2.24) is 9.13 Å². The lowest BCUT2D eigenvalue weighted by Crippen LogP contribution is -2.41. The molecule has 1 aromatic carbocycles. The van der Waals surface area contributed by atoms with Gasteiger partial charge in [0.1, 0.15) is 5.82 Å². The summed E-state index contributed by atoms with van der Waals surface area (Å²) in [6.45, 7) is 0.136. The summed E-state index contributed by atoms with van der Waals surface area (Å²) in [6, 6.07) is 3.11. The smallest absolute Gasteiger partial charge is 0.331 e. The fourth-order valence-corrected chi connectivity index (χ4v) is 5.23. The summed E-state index contributed by atoms with van der Waals surface area (Å²) in [6.07, 6.45) is 9.94. The van der Waals surface area contributed by atoms with E-state index in [4.69, 9.17) is 5.11 Å². The van der Waals surface area contributed by atoms with Crippen LogP contribution in [0.5, 0.6) is 0 Å². The standard InChI is InChI=1S/C24H32FN3O4/c25-19-14-18-21(15-20(19)26-16-8-2-1-3-9-16)28(17-10-4-5-11-17)24(32)27(23(18)31)13-7-6-12-22(29)30/h14-17,26H,1-13H2,(H,29,30). The van der Waals surface area contributed by atoms with E-state index >= 15 is 4.39 Å². The van der Waals surface area contributed by atoms with E-state index < -0.39 is 17.3 Å². The minimum Gasteiger partial charge on any atom is -0.481 e. The first kappa shape index (κ1) is 22.6. The Kier molecular flexibility index (Phi) is 6.96. The molecule has 0 bridgehead atoms. The molecule has 1 aromatic heterocycles. The Labute approximate surface area is 186 Å². The lowest BCUT2D eigenvalue weighted by atomic mass is 9.95. The van der Waals surface area contributed by atoms with E-state index in [1.54, 1.807) is 10.6 Å². The van der Waals surface area contributed by atoms with Crippen molar-refractivity contribution in [2.75, 3.05) is 5.32 Å². The molecule has 0 saturated heterocycles. The number of hydrogen-bond donors (Lipinski definition) is 2. The molecule has 2 aliphatic carbocycles. The number of carboxylic acid groups (broad SMARTS) is 1. The van der Waals surface area contributed by atoms with Crippen LogP contribution in [-0.4, -0.2) is 26.3 Å². The minimum absolute atomic E-state index is 0.00995. The number of halogens is 1. The summed E-state index contributed by atoms with van der Waals surface area (Å²) in [4.78, 5) is 37.3. The molecule has 8 heteroatoms. The number of nitrogens with zero attached hydrogens (tertiary/aromatic N) is 2. The van der Waals surface area contributed by atoms with Crippen molar-refractivity contribution in [2.24, 2.45) is 0 Å². The minimum atomic E-state index is -0.903. The molecule has 0 radical (unpaired) electrons. The Bertz CT molecular complexity index is 1100. The van der Waals surface area contributed by atoms with Crippen molar-refractivity contribution in [2.45, 2.75) is 95.7 Å². The Morgan fingerprint density at radius 2 is 1.72 bits per heavy atom. The Morgan fingerprint density at radius 1 is 1.03 bits per heavy atom. The number of fused-ring (bicyclic) bond motifs is 1. The number of nitrogens with one attached hydrogen (secondary N) is 1. The van der Waals surface area contributed by atoms with E-state index in [9.17, 15) is 14.4 Å². The van der Waals surface area contributed by atoms with Gasteiger partial charge in [0.05, 0.1) is 16.6 Å². The van der Waals surface area contributed by atoms with Gasteiger partial charge < -0.3 is 10.4 Å². The molecule has 0 atom stereocenters. The van der Waals surface area contributed by atoms with Crippen LogP contribution in [0, 0.1) is 5.82 Å². The molecule has 32 heavy (non-hydrogen) atoms. The van der Waals surface area contributed by atoms with Crippen LogP contribution in [0.3, 0.4) is 0 Å². The van der Waals surface area contributed by atoms with Crippen molar-refractivity contribution < 1.29 is 14.3 Å². The third kappa shape index (κ3) is 4.74. The zero-order valence-electron chi connectivity index (χ0n) is 18.4. The molecule has 2 saturated carbocycles. The van der Waals surface area contributed by atoms with Crippen LogP contribution in [0.2, 0.25) is 0 Å². The first-order chi connectivity index (χ1) is 15.5. The molecule has 0 aliphatic heterocycles. The number of carbonyl (C=O) groups is 1. The van der Waals surface area contributed by atoms with Crippen LogP contribution in [-0.2, 0) is 11.3 Å². The monoisotopic (exact) mass is 445 g/mol. The van der Waals surface area contributed by atoms with E-state index in [1.807, 2.05) is 0 Å². The summed E-state index contributed by atoms with van der Waals surface area (Å²) in [5.74, 6) is -1.38. The van der Waals surface area contributed by atoms with Crippen LogP contribution in [0.15, 0.2) is 21.7 Å². The third-order valence-corrected chi connectivity index (χ3v) is 6.93. The van der Waals surface area contributed by atoms with E-state index in [-0.39, 0.29) is 36.1 Å². The van der Waals surface area contributed by atoms with Crippen LogP contribution in [0.25, 0.3) is 10.9 Å². The summed E-state index contributed by atoms with van der Waals surface area (Å²) < 4.78 is 17.9. The van der Waals surface area contributed by atoms with Crippen molar-refractivity contribution in [1.29, 1.82) is 0 Å². The highest BCUT2D eigenvalue weighted by Gasteiger charge is 2.25. The average molecular weight is 446 g/mol. The van der Waals surface area contributed by atoms with E-state index in [2.05, 4.69) is 5.32 Å². The Balaban J connectivity index is 1.76. The van der Waals surface area contributed by atoms with Crippen LogP contribution >= 0.6 is 0 Å². The summed E-state index contributed by atoms with van der Waals surface area (Å²) in [5, 5.41) is 12.4. The highest BCUT2D eigenvalue weighted by molar-refractivity contribution is 5.82. The zero-order chi connectivity index (χ0) is 22.7. The predicted molar refractivity (Wildman–Crippen MR) is 122 cm³/mol. The number of aromatic nitrogens is 2. The molecular formula is C24H32FN3O4. The number of hydrogen-bond acceptors (Lipinski definition) is 4. The second-order valence-corrected chi connectivity index (χ2v) is 9.23. The maximum absolute atomic E-state index is 15.0. The molecule has 0 spiro atoms. The SMILES string of the molecule is O=C(O)CCCCn1c(=O)c2cc(F)c(NC3CCCCC3)cc2n(C2CCCC2)c1=O. The fraction of sp³-hybridized carbons (Fsp3) is 0.625. The molecule has 7 nitrogen and oxygen atoms in total. The molecule has 1 heterocycles. The topological polar surface area (TPSA) is 93.3 Å². The number of unbranched alkanes of at least 4 members (excludes halogenated alkanes) is 1. The van der Waals surface area contributed by atoms with Crippen LogP contribution in [0.1, 0.15) is 83.1 Å². The van der Waals surface area contributed by atoms with Gasteiger partial charge in [-0.3, -0.25) is 18.7 Å². The summed E-state index contributed by atoms with van der Waals surface area (Å²) in [5.41, 5.74) is -0.0276. The molecule has 174 valence electrons. The summed E-state index contributed by atoms with van der Waals surface area (Å²) in [7, 11) is 0. The fourth-order valence-electron chi connectivity index (χ4n) is 5.23. The van der Waals surface area contributed by atoms with Gasteiger partial charge in [-0.1, -0.05) is 32.1 Å². The second kappa shape index (κ2) is 9.88.